The van der Waals surface area contributed by atoms with Crippen LogP contribution in [-0.4, -0.2) is 28.4 Å². The molecule has 0 saturated heterocycles. The fourth-order valence-corrected chi connectivity index (χ4v) is 2.63. The average Bonchev–Trinajstić information content (AvgIpc) is 3.27. The van der Waals surface area contributed by atoms with Crippen LogP contribution in [0.3, 0.4) is 0 Å². The summed E-state index contributed by atoms with van der Waals surface area (Å²) in [6, 6.07) is 8.46. The lowest BCUT2D eigenvalue weighted by Crippen LogP contribution is -2.23. The number of carbonyl (C=O) groups is 2. The molecule has 0 spiro atoms. The van der Waals surface area contributed by atoms with Gasteiger partial charge in [-0.3, -0.25) is 9.59 Å². The Labute approximate surface area is 154 Å². The van der Waals surface area contributed by atoms with Gasteiger partial charge in [-0.2, -0.15) is 0 Å². The molecule has 1 aromatic carbocycles. The predicted molar refractivity (Wildman–Crippen MR) is 98.4 cm³/mol. The topological polar surface area (TPSA) is 88.0 Å². The second-order valence-electron chi connectivity index (χ2n) is 5.60. The lowest BCUT2D eigenvalue weighted by molar-refractivity contribution is 0.0953. The van der Waals surface area contributed by atoms with Crippen LogP contribution < -0.4 is 5.32 Å². The fourth-order valence-electron chi connectivity index (χ4n) is 2.51. The molecule has 0 aliphatic carbocycles. The Balaban J connectivity index is 1.93. The van der Waals surface area contributed by atoms with Crippen LogP contribution in [0.1, 0.15) is 32.2 Å². The van der Waals surface area contributed by atoms with Crippen molar-refractivity contribution < 1.29 is 14.1 Å². The van der Waals surface area contributed by atoms with Gasteiger partial charge >= 0.3 is 0 Å². The first kappa shape index (κ1) is 17.7. The number of aromatic nitrogens is 2. The molecule has 2 heterocycles. The van der Waals surface area contributed by atoms with Gasteiger partial charge < -0.3 is 14.8 Å². The van der Waals surface area contributed by atoms with Crippen molar-refractivity contribution in [1.29, 1.82) is 0 Å². The SMILES string of the molecule is C=CCNC(=O)c1cc(C(=O)c2c(-c3ccc(Cl)cc3)noc2C)c[nH]1. The molecule has 3 rings (SSSR count). The standard InChI is InChI=1S/C19H16ClN3O3/c1-3-8-21-19(25)15-9-13(10-22-15)18(24)16-11(2)26-23-17(16)12-4-6-14(20)7-5-12/h3-7,9-10,22H,1,8H2,2H3,(H,21,25). The van der Waals surface area contributed by atoms with Crippen LogP contribution in [0.4, 0.5) is 0 Å². The van der Waals surface area contributed by atoms with E-state index in [0.29, 0.717) is 39.7 Å². The number of carbonyl (C=O) groups excluding carboxylic acids is 2. The molecule has 0 atom stereocenters. The highest BCUT2D eigenvalue weighted by Crippen LogP contribution is 2.28. The maximum atomic E-state index is 12.9. The van der Waals surface area contributed by atoms with Crippen molar-refractivity contribution in [3.05, 3.63) is 76.8 Å². The lowest BCUT2D eigenvalue weighted by atomic mass is 9.99. The van der Waals surface area contributed by atoms with E-state index in [9.17, 15) is 9.59 Å². The summed E-state index contributed by atoms with van der Waals surface area (Å²) in [5.74, 6) is -0.199. The van der Waals surface area contributed by atoms with Crippen molar-refractivity contribution in [2.45, 2.75) is 6.92 Å². The molecule has 7 heteroatoms. The number of hydrogen-bond acceptors (Lipinski definition) is 4. The van der Waals surface area contributed by atoms with E-state index < -0.39 is 0 Å². The number of benzene rings is 1. The Morgan fingerprint density at radius 1 is 1.35 bits per heavy atom. The fraction of sp³-hybridized carbons (Fsp3) is 0.105. The molecule has 1 amide bonds. The summed E-state index contributed by atoms with van der Waals surface area (Å²) < 4.78 is 5.23. The van der Waals surface area contributed by atoms with E-state index in [2.05, 4.69) is 22.0 Å². The molecular formula is C19H16ClN3O3. The molecule has 0 radical (unpaired) electrons. The van der Waals surface area contributed by atoms with E-state index in [0.717, 1.165) is 0 Å². The van der Waals surface area contributed by atoms with E-state index in [1.54, 1.807) is 37.3 Å². The zero-order valence-corrected chi connectivity index (χ0v) is 14.8. The van der Waals surface area contributed by atoms with Gasteiger partial charge in [0.25, 0.3) is 5.91 Å². The van der Waals surface area contributed by atoms with Crippen molar-refractivity contribution in [3.63, 3.8) is 0 Å². The number of halogens is 1. The summed E-state index contributed by atoms with van der Waals surface area (Å²) in [6.45, 7) is 5.55. The number of H-pyrrole nitrogens is 1. The van der Waals surface area contributed by atoms with Gasteiger partial charge in [-0.25, -0.2) is 0 Å². The van der Waals surface area contributed by atoms with Gasteiger partial charge in [0.05, 0.1) is 5.56 Å². The third-order valence-electron chi connectivity index (χ3n) is 3.80. The Morgan fingerprint density at radius 2 is 2.08 bits per heavy atom. The highest BCUT2D eigenvalue weighted by Gasteiger charge is 2.24. The normalized spacial score (nSPS) is 10.5. The van der Waals surface area contributed by atoms with Crippen LogP contribution in [0, 0.1) is 6.92 Å². The van der Waals surface area contributed by atoms with E-state index in [4.69, 9.17) is 16.1 Å². The molecule has 0 fully saturated rings. The number of aromatic amines is 1. The molecule has 132 valence electrons. The number of nitrogens with one attached hydrogen (secondary N) is 2. The second kappa shape index (κ2) is 7.41. The van der Waals surface area contributed by atoms with Crippen molar-refractivity contribution in [2.24, 2.45) is 0 Å². The Morgan fingerprint density at radius 3 is 2.77 bits per heavy atom. The van der Waals surface area contributed by atoms with E-state index in [1.807, 2.05) is 0 Å². The monoisotopic (exact) mass is 369 g/mol. The van der Waals surface area contributed by atoms with Crippen LogP contribution in [-0.2, 0) is 0 Å². The van der Waals surface area contributed by atoms with Crippen molar-refractivity contribution in [2.75, 3.05) is 6.54 Å². The minimum absolute atomic E-state index is 0.285. The van der Waals surface area contributed by atoms with Crippen LogP contribution in [0.5, 0.6) is 0 Å². The summed E-state index contributed by atoms with van der Waals surface area (Å²) in [5.41, 5.74) is 2.13. The van der Waals surface area contributed by atoms with E-state index in [1.165, 1.54) is 12.3 Å². The Bertz CT molecular complexity index is 970. The molecule has 0 unspecified atom stereocenters. The summed E-state index contributed by atoms with van der Waals surface area (Å²) in [7, 11) is 0. The van der Waals surface area contributed by atoms with Gasteiger partial charge in [0.15, 0.2) is 5.78 Å². The summed E-state index contributed by atoms with van der Waals surface area (Å²) in [6.07, 6.45) is 3.06. The van der Waals surface area contributed by atoms with Gasteiger partial charge in [-0.1, -0.05) is 35.0 Å². The molecular weight excluding hydrogens is 354 g/mol. The molecule has 0 saturated carbocycles. The molecule has 0 aliphatic rings. The number of rotatable bonds is 6. The van der Waals surface area contributed by atoms with Crippen molar-refractivity contribution in [1.82, 2.24) is 15.5 Å². The first-order valence-electron chi connectivity index (χ1n) is 7.85. The third kappa shape index (κ3) is 3.45. The number of aryl methyl sites for hydroxylation is 1. The smallest absolute Gasteiger partial charge is 0.267 e. The van der Waals surface area contributed by atoms with Crippen LogP contribution in [0.25, 0.3) is 11.3 Å². The number of ketones is 1. The van der Waals surface area contributed by atoms with Gasteiger partial charge in [0, 0.05) is 28.9 Å². The van der Waals surface area contributed by atoms with Crippen molar-refractivity contribution >= 4 is 23.3 Å². The lowest BCUT2D eigenvalue weighted by Gasteiger charge is -2.01. The van der Waals surface area contributed by atoms with Gasteiger partial charge in [-0.15, -0.1) is 6.58 Å². The maximum Gasteiger partial charge on any atom is 0.267 e. The maximum absolute atomic E-state index is 12.9. The molecule has 0 bridgehead atoms. The summed E-state index contributed by atoms with van der Waals surface area (Å²) in [4.78, 5) is 27.7. The van der Waals surface area contributed by atoms with Crippen molar-refractivity contribution in [3.8, 4) is 11.3 Å². The van der Waals surface area contributed by atoms with Crippen LogP contribution in [0.15, 0.2) is 53.7 Å². The zero-order chi connectivity index (χ0) is 18.7. The Hall–Kier alpha value is -3.12. The third-order valence-corrected chi connectivity index (χ3v) is 4.06. The zero-order valence-electron chi connectivity index (χ0n) is 14.0. The summed E-state index contributed by atoms with van der Waals surface area (Å²) >= 11 is 5.91. The number of nitrogens with zero attached hydrogens (tertiary/aromatic N) is 1. The second-order valence-corrected chi connectivity index (χ2v) is 6.04. The van der Waals surface area contributed by atoms with Gasteiger partial charge in [0.1, 0.15) is 17.1 Å². The average molecular weight is 370 g/mol. The number of amides is 1. The van der Waals surface area contributed by atoms with E-state index in [-0.39, 0.29) is 17.4 Å². The predicted octanol–water partition coefficient (Wildman–Crippen LogP) is 3.78. The molecule has 26 heavy (non-hydrogen) atoms. The minimum Gasteiger partial charge on any atom is -0.360 e. The molecule has 0 aliphatic heterocycles. The largest absolute Gasteiger partial charge is 0.360 e. The van der Waals surface area contributed by atoms with Gasteiger partial charge in [-0.05, 0) is 25.1 Å². The van der Waals surface area contributed by atoms with Gasteiger partial charge in [0.2, 0.25) is 0 Å². The minimum atomic E-state index is -0.316. The van der Waals surface area contributed by atoms with Crippen LogP contribution >= 0.6 is 11.6 Å². The highest BCUT2D eigenvalue weighted by atomic mass is 35.5. The molecule has 6 nitrogen and oxygen atoms in total. The Kier molecular flexibility index (Phi) is 5.04. The highest BCUT2D eigenvalue weighted by molar-refractivity contribution is 6.30. The van der Waals surface area contributed by atoms with Crippen LogP contribution in [0.2, 0.25) is 5.02 Å². The molecule has 2 aromatic heterocycles. The number of hydrogen-bond donors (Lipinski definition) is 2. The first-order valence-corrected chi connectivity index (χ1v) is 8.23. The summed E-state index contributed by atoms with van der Waals surface area (Å²) in [5, 5.41) is 7.24. The molecule has 2 N–H and O–H groups in total. The quantitative estimate of drug-likeness (QED) is 0.511. The first-order chi connectivity index (χ1) is 12.5. The van der Waals surface area contributed by atoms with E-state index >= 15 is 0 Å². The molecule has 3 aromatic rings.